The Hall–Kier alpha value is -2.33. The highest BCUT2D eigenvalue weighted by atomic mass is 35.5. The first-order valence-corrected chi connectivity index (χ1v) is 7.63. The van der Waals surface area contributed by atoms with Crippen molar-refractivity contribution in [3.8, 4) is 0 Å². The van der Waals surface area contributed by atoms with E-state index in [9.17, 15) is 9.18 Å². The maximum Gasteiger partial charge on any atom is 0.228 e. The summed E-state index contributed by atoms with van der Waals surface area (Å²) in [5, 5.41) is 3.82. The van der Waals surface area contributed by atoms with Crippen molar-refractivity contribution in [3.05, 3.63) is 64.6 Å². The topological polar surface area (TPSA) is 34.0 Å². The zero-order chi connectivity index (χ0) is 16.6. The van der Waals surface area contributed by atoms with Crippen molar-refractivity contribution in [2.75, 3.05) is 5.32 Å². The van der Waals surface area contributed by atoms with Gasteiger partial charge >= 0.3 is 0 Å². The van der Waals surface area contributed by atoms with Gasteiger partial charge in [-0.15, -0.1) is 0 Å². The van der Waals surface area contributed by atoms with Crippen molar-refractivity contribution in [3.63, 3.8) is 0 Å². The number of amides is 1. The number of nitrogens with zero attached hydrogens (tertiary/aromatic N) is 1. The Morgan fingerprint density at radius 1 is 1.26 bits per heavy atom. The molecule has 0 atom stereocenters. The maximum absolute atomic E-state index is 13.2. The Kier molecular flexibility index (Phi) is 4.09. The molecule has 0 aliphatic carbocycles. The molecular formula is C18H16ClFN2O. The van der Waals surface area contributed by atoms with E-state index in [-0.39, 0.29) is 17.4 Å². The number of carbonyl (C=O) groups is 1. The minimum atomic E-state index is -0.505. The van der Waals surface area contributed by atoms with Crippen LogP contribution in [0.4, 0.5) is 10.1 Å². The summed E-state index contributed by atoms with van der Waals surface area (Å²) in [6.45, 7) is 2.00. The first-order chi connectivity index (χ1) is 11.0. The van der Waals surface area contributed by atoms with Crippen LogP contribution >= 0.6 is 11.6 Å². The average molecular weight is 331 g/mol. The van der Waals surface area contributed by atoms with Gasteiger partial charge in [0.1, 0.15) is 5.82 Å². The van der Waals surface area contributed by atoms with E-state index in [4.69, 9.17) is 11.6 Å². The van der Waals surface area contributed by atoms with Gasteiger partial charge in [-0.1, -0.05) is 29.8 Å². The number of benzene rings is 2. The predicted octanol–water partition coefficient (Wildman–Crippen LogP) is 4.46. The normalized spacial score (nSPS) is 11.0. The van der Waals surface area contributed by atoms with E-state index in [0.717, 1.165) is 22.2 Å². The fraction of sp³-hybridized carbons (Fsp3) is 0.167. The van der Waals surface area contributed by atoms with E-state index in [1.807, 2.05) is 38.2 Å². The standard InChI is InChI=1S/C18H16ClFN2O/c1-11-14(13-5-3-4-6-17(13)22(11)2)10-18(23)21-12-7-8-16(20)15(19)9-12/h3-9H,10H2,1-2H3,(H,21,23). The number of anilines is 1. The SMILES string of the molecule is Cc1c(CC(=O)Nc2ccc(F)c(Cl)c2)c2ccccc2n1C. The lowest BCUT2D eigenvalue weighted by Gasteiger charge is -2.07. The number of hydrogen-bond donors (Lipinski definition) is 1. The third kappa shape index (κ3) is 2.94. The number of nitrogens with one attached hydrogen (secondary N) is 1. The highest BCUT2D eigenvalue weighted by Gasteiger charge is 2.15. The van der Waals surface area contributed by atoms with Crippen LogP contribution in [0.15, 0.2) is 42.5 Å². The summed E-state index contributed by atoms with van der Waals surface area (Å²) in [6.07, 6.45) is 0.252. The van der Waals surface area contributed by atoms with Crippen LogP contribution in [0.1, 0.15) is 11.3 Å². The molecule has 0 saturated carbocycles. The Morgan fingerprint density at radius 3 is 2.74 bits per heavy atom. The third-order valence-electron chi connectivity index (χ3n) is 4.07. The van der Waals surface area contributed by atoms with Gasteiger partial charge in [0, 0.05) is 29.3 Å². The number of hydrogen-bond acceptors (Lipinski definition) is 1. The molecule has 1 heterocycles. The molecule has 3 nitrogen and oxygen atoms in total. The van der Waals surface area contributed by atoms with Crippen LogP contribution < -0.4 is 5.32 Å². The average Bonchev–Trinajstić information content (AvgIpc) is 2.76. The number of fused-ring (bicyclic) bond motifs is 1. The van der Waals surface area contributed by atoms with Crippen molar-refractivity contribution in [2.45, 2.75) is 13.3 Å². The summed E-state index contributed by atoms with van der Waals surface area (Å²) in [6, 6.07) is 12.1. The molecular weight excluding hydrogens is 315 g/mol. The van der Waals surface area contributed by atoms with Gasteiger partial charge in [-0.05, 0) is 36.8 Å². The van der Waals surface area contributed by atoms with Crippen LogP contribution in [0, 0.1) is 12.7 Å². The minimum absolute atomic E-state index is 0.0101. The molecule has 0 fully saturated rings. The molecule has 5 heteroatoms. The smallest absolute Gasteiger partial charge is 0.228 e. The van der Waals surface area contributed by atoms with Crippen LogP contribution in [-0.4, -0.2) is 10.5 Å². The monoisotopic (exact) mass is 330 g/mol. The molecule has 0 saturated heterocycles. The second kappa shape index (κ2) is 6.05. The van der Waals surface area contributed by atoms with E-state index in [2.05, 4.69) is 9.88 Å². The Bertz CT molecular complexity index is 901. The Morgan fingerprint density at radius 2 is 2.00 bits per heavy atom. The van der Waals surface area contributed by atoms with Crippen LogP contribution in [0.3, 0.4) is 0 Å². The Balaban J connectivity index is 1.86. The summed E-state index contributed by atoms with van der Waals surface area (Å²) in [7, 11) is 1.98. The molecule has 3 aromatic rings. The lowest BCUT2D eigenvalue weighted by molar-refractivity contribution is -0.115. The highest BCUT2D eigenvalue weighted by Crippen LogP contribution is 2.26. The molecule has 1 amide bonds. The van der Waals surface area contributed by atoms with Gasteiger partial charge in [0.25, 0.3) is 0 Å². The molecule has 2 aromatic carbocycles. The molecule has 0 bridgehead atoms. The second-order valence-corrected chi connectivity index (χ2v) is 5.90. The third-order valence-corrected chi connectivity index (χ3v) is 4.36. The molecule has 23 heavy (non-hydrogen) atoms. The predicted molar refractivity (Wildman–Crippen MR) is 91.4 cm³/mol. The van der Waals surface area contributed by atoms with Crippen molar-refractivity contribution < 1.29 is 9.18 Å². The van der Waals surface area contributed by atoms with Gasteiger partial charge < -0.3 is 9.88 Å². The molecule has 118 valence electrons. The number of aromatic nitrogens is 1. The Labute approximate surface area is 138 Å². The number of halogens is 2. The zero-order valence-corrected chi connectivity index (χ0v) is 13.6. The summed E-state index contributed by atoms with van der Waals surface area (Å²) >= 11 is 5.73. The van der Waals surface area contributed by atoms with Crippen LogP contribution in [0.5, 0.6) is 0 Å². The first kappa shape index (κ1) is 15.6. The fourth-order valence-corrected chi connectivity index (χ4v) is 2.94. The first-order valence-electron chi connectivity index (χ1n) is 7.25. The zero-order valence-electron chi connectivity index (χ0n) is 12.9. The summed E-state index contributed by atoms with van der Waals surface area (Å²) in [5.74, 6) is -0.665. The van der Waals surface area contributed by atoms with Gasteiger partial charge in [0.15, 0.2) is 0 Å². The molecule has 3 rings (SSSR count). The van der Waals surface area contributed by atoms with E-state index in [1.165, 1.54) is 18.2 Å². The molecule has 0 spiro atoms. The number of aryl methyl sites for hydroxylation is 1. The summed E-state index contributed by atoms with van der Waals surface area (Å²) < 4.78 is 15.2. The number of rotatable bonds is 3. The van der Waals surface area contributed by atoms with E-state index in [1.54, 1.807) is 0 Å². The summed E-state index contributed by atoms with van der Waals surface area (Å²) in [4.78, 5) is 12.3. The molecule has 0 radical (unpaired) electrons. The molecule has 1 N–H and O–H groups in total. The fourth-order valence-electron chi connectivity index (χ4n) is 2.76. The van der Waals surface area contributed by atoms with E-state index in [0.29, 0.717) is 5.69 Å². The second-order valence-electron chi connectivity index (χ2n) is 5.49. The van der Waals surface area contributed by atoms with Gasteiger partial charge in [0.2, 0.25) is 5.91 Å². The molecule has 1 aromatic heterocycles. The minimum Gasteiger partial charge on any atom is -0.348 e. The highest BCUT2D eigenvalue weighted by molar-refractivity contribution is 6.31. The number of para-hydroxylation sites is 1. The van der Waals surface area contributed by atoms with Gasteiger partial charge in [-0.2, -0.15) is 0 Å². The lowest BCUT2D eigenvalue weighted by Crippen LogP contribution is -2.15. The van der Waals surface area contributed by atoms with Gasteiger partial charge in [0.05, 0.1) is 11.4 Å². The summed E-state index contributed by atoms with van der Waals surface area (Å²) in [5.41, 5.74) is 3.63. The van der Waals surface area contributed by atoms with Gasteiger partial charge in [-0.25, -0.2) is 4.39 Å². The number of carbonyl (C=O) groups excluding carboxylic acids is 1. The van der Waals surface area contributed by atoms with Crippen LogP contribution in [-0.2, 0) is 18.3 Å². The van der Waals surface area contributed by atoms with Gasteiger partial charge in [-0.3, -0.25) is 4.79 Å². The van der Waals surface area contributed by atoms with Crippen LogP contribution in [0.25, 0.3) is 10.9 Å². The van der Waals surface area contributed by atoms with Crippen molar-refractivity contribution >= 4 is 34.1 Å². The largest absolute Gasteiger partial charge is 0.348 e. The molecule has 0 aliphatic heterocycles. The molecule has 0 aliphatic rings. The van der Waals surface area contributed by atoms with Crippen LogP contribution in [0.2, 0.25) is 5.02 Å². The van der Waals surface area contributed by atoms with E-state index < -0.39 is 5.82 Å². The lowest BCUT2D eigenvalue weighted by atomic mass is 10.1. The van der Waals surface area contributed by atoms with Crippen molar-refractivity contribution in [2.24, 2.45) is 7.05 Å². The molecule has 0 unspecified atom stereocenters. The quantitative estimate of drug-likeness (QED) is 0.755. The van der Waals surface area contributed by atoms with Crippen molar-refractivity contribution in [1.29, 1.82) is 0 Å². The maximum atomic E-state index is 13.2. The van der Waals surface area contributed by atoms with E-state index >= 15 is 0 Å². The van der Waals surface area contributed by atoms with Crippen molar-refractivity contribution in [1.82, 2.24) is 4.57 Å².